The van der Waals surface area contributed by atoms with Gasteiger partial charge in [-0.05, 0) is 19.9 Å². The number of ether oxygens (including phenoxy) is 1. The Bertz CT molecular complexity index is 982. The highest BCUT2D eigenvalue weighted by molar-refractivity contribution is 7.89. The molecule has 1 aromatic rings. The predicted molar refractivity (Wildman–Crippen MR) is 104 cm³/mol. The minimum Gasteiger partial charge on any atom is -0.451 e. The molecule has 3 unspecified atom stereocenters. The number of sulfonamides is 1. The maximum atomic E-state index is 13.0. The van der Waals surface area contributed by atoms with Crippen LogP contribution in [0.5, 0.6) is 0 Å². The van der Waals surface area contributed by atoms with Crippen LogP contribution in [0.2, 0.25) is 0 Å². The molecule has 0 radical (unpaired) electrons. The van der Waals surface area contributed by atoms with Crippen molar-refractivity contribution in [3.05, 3.63) is 34.4 Å². The Morgan fingerprint density at radius 2 is 2.00 bits per heavy atom. The van der Waals surface area contributed by atoms with E-state index in [0.29, 0.717) is 4.31 Å². The number of carbonyl (C=O) groups excluding carboxylic acids is 3. The summed E-state index contributed by atoms with van der Waals surface area (Å²) in [5, 5.41) is 25.4. The van der Waals surface area contributed by atoms with E-state index in [0.717, 1.165) is 12.1 Å². The van der Waals surface area contributed by atoms with Crippen LogP contribution in [0.25, 0.3) is 0 Å². The molecule has 0 aliphatic carbocycles. The molecular formula is C17H22N4O9S. The number of nitrogens with one attached hydrogen (secondary N) is 2. The summed E-state index contributed by atoms with van der Waals surface area (Å²) in [5.41, 5.74) is -0.689. The number of rotatable bonds is 7. The number of nitrogens with zero attached hydrogens (tertiary/aromatic N) is 2. The molecule has 170 valence electrons. The Labute approximate surface area is 177 Å². The first-order valence-corrected chi connectivity index (χ1v) is 10.7. The van der Waals surface area contributed by atoms with Gasteiger partial charge in [-0.25, -0.2) is 13.2 Å². The van der Waals surface area contributed by atoms with Gasteiger partial charge in [0.1, 0.15) is 6.04 Å². The summed E-state index contributed by atoms with van der Waals surface area (Å²) in [7, 11) is -4.56. The van der Waals surface area contributed by atoms with Crippen molar-refractivity contribution in [1.82, 2.24) is 14.9 Å². The van der Waals surface area contributed by atoms with E-state index in [4.69, 9.17) is 4.74 Å². The zero-order valence-electron chi connectivity index (χ0n) is 16.7. The maximum absolute atomic E-state index is 13.0. The van der Waals surface area contributed by atoms with Gasteiger partial charge in [0.05, 0.1) is 11.0 Å². The van der Waals surface area contributed by atoms with E-state index in [2.05, 4.69) is 5.32 Å². The maximum Gasteiger partial charge on any atom is 0.325 e. The van der Waals surface area contributed by atoms with Gasteiger partial charge in [-0.2, -0.15) is 4.31 Å². The van der Waals surface area contributed by atoms with Crippen LogP contribution in [0.4, 0.5) is 10.5 Å². The summed E-state index contributed by atoms with van der Waals surface area (Å²) in [6.45, 7) is 2.57. The highest BCUT2D eigenvalue weighted by Crippen LogP contribution is 2.32. The van der Waals surface area contributed by atoms with Crippen LogP contribution in [-0.2, 0) is 24.3 Å². The molecule has 1 aliphatic rings. The molecule has 2 rings (SSSR count). The number of esters is 1. The number of hydrogen-bond donors (Lipinski definition) is 3. The zero-order valence-corrected chi connectivity index (χ0v) is 17.5. The number of carbonyl (C=O) groups is 3. The second-order valence-electron chi connectivity index (χ2n) is 6.63. The third kappa shape index (κ3) is 5.53. The number of hydrogen-bond acceptors (Lipinski definition) is 9. The predicted octanol–water partition coefficient (Wildman–Crippen LogP) is -0.504. The van der Waals surface area contributed by atoms with Crippen LogP contribution in [0.15, 0.2) is 29.2 Å². The fraction of sp³-hybridized carbons (Fsp3) is 0.471. The van der Waals surface area contributed by atoms with Crippen molar-refractivity contribution >= 4 is 33.6 Å². The summed E-state index contributed by atoms with van der Waals surface area (Å²) >= 11 is 0. The Balaban J connectivity index is 2.23. The van der Waals surface area contributed by atoms with Crippen molar-refractivity contribution < 1.29 is 37.6 Å². The lowest BCUT2D eigenvalue weighted by Crippen LogP contribution is -2.47. The summed E-state index contributed by atoms with van der Waals surface area (Å²) in [6.07, 6.45) is -3.00. The number of nitro benzene ring substituents is 1. The van der Waals surface area contributed by atoms with Crippen molar-refractivity contribution in [2.24, 2.45) is 0 Å². The number of imide groups is 1. The Morgan fingerprint density at radius 1 is 1.35 bits per heavy atom. The van der Waals surface area contributed by atoms with Crippen molar-refractivity contribution in [3.63, 3.8) is 0 Å². The third-order valence-corrected chi connectivity index (χ3v) is 6.31. The zero-order chi connectivity index (χ0) is 23.3. The quantitative estimate of drug-likeness (QED) is 0.275. The van der Waals surface area contributed by atoms with Crippen molar-refractivity contribution in [2.75, 3.05) is 13.1 Å². The molecule has 0 bridgehead atoms. The van der Waals surface area contributed by atoms with Gasteiger partial charge in [0, 0.05) is 25.6 Å². The Hall–Kier alpha value is -3.10. The molecule has 1 aliphatic heterocycles. The van der Waals surface area contributed by atoms with Crippen LogP contribution >= 0.6 is 0 Å². The van der Waals surface area contributed by atoms with Gasteiger partial charge in [0.2, 0.25) is 0 Å². The minimum atomic E-state index is -4.56. The van der Waals surface area contributed by atoms with E-state index in [9.17, 15) is 38.0 Å². The SMILES string of the molecule is CCNC(=O)NC(=O)C(C)OC(=O)C1CC(O)CN1S(=O)(=O)c1ccccc1[N+](=O)[O-]. The molecule has 0 saturated carbocycles. The molecule has 3 N–H and O–H groups in total. The molecule has 3 amide bonds. The molecule has 1 saturated heterocycles. The highest BCUT2D eigenvalue weighted by atomic mass is 32.2. The number of aliphatic hydroxyl groups excluding tert-OH is 1. The molecule has 1 heterocycles. The normalized spacial score (nSPS) is 20.0. The number of β-amino-alcohol motifs (C(OH)–C–C–N with tert-alkyl or cyclic N) is 1. The molecule has 3 atom stereocenters. The van der Waals surface area contributed by atoms with Gasteiger partial charge in [-0.1, -0.05) is 12.1 Å². The van der Waals surface area contributed by atoms with E-state index in [1.807, 2.05) is 5.32 Å². The number of urea groups is 1. The number of para-hydroxylation sites is 1. The van der Waals surface area contributed by atoms with E-state index >= 15 is 0 Å². The average Bonchev–Trinajstić information content (AvgIpc) is 3.10. The standard InChI is InChI=1S/C17H22N4O9S/c1-3-18-17(25)19-15(23)10(2)30-16(24)13-8-11(22)9-20(13)31(28,29)14-7-5-4-6-12(14)21(26)27/h4-7,10-11,13,22H,3,8-9H2,1-2H3,(H2,18,19,23,25). The van der Waals surface area contributed by atoms with Crippen LogP contribution < -0.4 is 10.6 Å². The van der Waals surface area contributed by atoms with Gasteiger partial charge in [0.25, 0.3) is 21.6 Å². The van der Waals surface area contributed by atoms with Crippen LogP contribution in [0, 0.1) is 10.1 Å². The lowest BCUT2D eigenvalue weighted by atomic mass is 10.2. The smallest absolute Gasteiger partial charge is 0.325 e. The number of aliphatic hydroxyl groups is 1. The largest absolute Gasteiger partial charge is 0.451 e. The third-order valence-electron chi connectivity index (χ3n) is 4.39. The Morgan fingerprint density at radius 3 is 2.61 bits per heavy atom. The molecule has 1 aromatic carbocycles. The number of benzene rings is 1. The second kappa shape index (κ2) is 9.80. The number of nitro groups is 1. The fourth-order valence-electron chi connectivity index (χ4n) is 2.94. The van der Waals surface area contributed by atoms with Gasteiger partial charge in [-0.15, -0.1) is 0 Å². The van der Waals surface area contributed by atoms with Gasteiger partial charge < -0.3 is 15.2 Å². The van der Waals surface area contributed by atoms with Crippen LogP contribution in [-0.4, -0.2) is 72.0 Å². The van der Waals surface area contributed by atoms with E-state index in [1.54, 1.807) is 6.92 Å². The summed E-state index contributed by atoms with van der Waals surface area (Å²) in [4.78, 5) is 45.6. The van der Waals surface area contributed by atoms with Gasteiger partial charge in [0.15, 0.2) is 11.0 Å². The summed E-state index contributed by atoms with van der Waals surface area (Å²) in [5.74, 6) is -2.08. The first-order chi connectivity index (χ1) is 14.5. The van der Waals surface area contributed by atoms with E-state index < -0.39 is 68.2 Å². The first-order valence-electron chi connectivity index (χ1n) is 9.21. The molecular weight excluding hydrogens is 436 g/mol. The second-order valence-corrected chi connectivity index (χ2v) is 8.49. The summed E-state index contributed by atoms with van der Waals surface area (Å²) < 4.78 is 31.6. The molecule has 0 spiro atoms. The highest BCUT2D eigenvalue weighted by Gasteiger charge is 2.46. The Kier molecular flexibility index (Phi) is 7.65. The lowest BCUT2D eigenvalue weighted by Gasteiger charge is -2.23. The summed E-state index contributed by atoms with van der Waals surface area (Å²) in [6, 6.07) is 2.28. The topological polar surface area (TPSA) is 185 Å². The molecule has 31 heavy (non-hydrogen) atoms. The molecule has 1 fully saturated rings. The van der Waals surface area contributed by atoms with E-state index in [-0.39, 0.29) is 13.0 Å². The van der Waals surface area contributed by atoms with Gasteiger partial charge >= 0.3 is 12.0 Å². The monoisotopic (exact) mass is 458 g/mol. The van der Waals surface area contributed by atoms with Crippen LogP contribution in [0.3, 0.4) is 0 Å². The van der Waals surface area contributed by atoms with Crippen molar-refractivity contribution in [1.29, 1.82) is 0 Å². The molecule has 14 heteroatoms. The van der Waals surface area contributed by atoms with Crippen LogP contribution in [0.1, 0.15) is 20.3 Å². The lowest BCUT2D eigenvalue weighted by molar-refractivity contribution is -0.387. The average molecular weight is 458 g/mol. The van der Waals surface area contributed by atoms with Crippen molar-refractivity contribution in [3.8, 4) is 0 Å². The minimum absolute atomic E-state index is 0.256. The van der Waals surface area contributed by atoms with Crippen molar-refractivity contribution in [2.45, 2.75) is 43.4 Å². The molecule has 0 aromatic heterocycles. The number of amides is 3. The molecule has 13 nitrogen and oxygen atoms in total. The first kappa shape index (κ1) is 24.2. The van der Waals surface area contributed by atoms with Gasteiger partial charge in [-0.3, -0.25) is 25.0 Å². The van der Waals surface area contributed by atoms with E-state index in [1.165, 1.54) is 19.1 Å². The fourth-order valence-corrected chi connectivity index (χ4v) is 4.73.